The van der Waals surface area contributed by atoms with Gasteiger partial charge in [-0.2, -0.15) is 0 Å². The number of amides is 2. The molecule has 2 amide bonds. The van der Waals surface area contributed by atoms with Gasteiger partial charge in [0.2, 0.25) is 11.9 Å². The number of anilines is 1. The lowest BCUT2D eigenvalue weighted by Crippen LogP contribution is -2.43. The number of hydrogen-bond donors (Lipinski definition) is 3. The van der Waals surface area contributed by atoms with E-state index in [0.29, 0.717) is 28.7 Å². The average molecular weight is 383 g/mol. The fourth-order valence-corrected chi connectivity index (χ4v) is 4.37. The van der Waals surface area contributed by atoms with Crippen LogP contribution in [0, 0.1) is 0 Å². The zero-order chi connectivity index (χ0) is 19.1. The minimum Gasteiger partial charge on any atom is -0.369 e. The summed E-state index contributed by atoms with van der Waals surface area (Å²) in [5.41, 5.74) is 12.5. The summed E-state index contributed by atoms with van der Waals surface area (Å²) in [7, 11) is 0. The van der Waals surface area contributed by atoms with Crippen LogP contribution in [0.25, 0.3) is 20.7 Å². The molecule has 4 rings (SSSR count). The largest absolute Gasteiger partial charge is 0.369 e. The molecular weight excluding hydrogens is 366 g/mol. The first-order valence-corrected chi connectivity index (χ1v) is 9.26. The van der Waals surface area contributed by atoms with Gasteiger partial charge in [-0.1, -0.05) is 12.1 Å². The van der Waals surface area contributed by atoms with Crippen LogP contribution in [0.3, 0.4) is 0 Å². The minimum atomic E-state index is -0.559. The summed E-state index contributed by atoms with van der Waals surface area (Å²) in [6.07, 6.45) is 1.35. The van der Waals surface area contributed by atoms with Crippen LogP contribution in [0.15, 0.2) is 35.1 Å². The van der Waals surface area contributed by atoms with Gasteiger partial charge in [0, 0.05) is 17.0 Å². The van der Waals surface area contributed by atoms with Crippen LogP contribution in [0.4, 0.5) is 5.95 Å². The molecule has 0 aliphatic carbocycles. The maximum Gasteiger partial charge on any atom is 0.270 e. The quantitative estimate of drug-likeness (QED) is 0.627. The Bertz CT molecular complexity index is 1120. The summed E-state index contributed by atoms with van der Waals surface area (Å²) < 4.78 is 0.476. The number of carbonyl (C=O) groups excluding carboxylic acids is 2. The molecule has 1 atom stereocenters. The molecule has 1 unspecified atom stereocenters. The van der Waals surface area contributed by atoms with Gasteiger partial charge in [0.1, 0.15) is 10.7 Å². The molecule has 138 valence electrons. The summed E-state index contributed by atoms with van der Waals surface area (Å²) in [5, 5.41) is 0. The average Bonchev–Trinajstić information content (AvgIpc) is 3.28. The zero-order valence-electron chi connectivity index (χ0n) is 14.3. The minimum absolute atomic E-state index is 0.0623. The number of nitrogens with one attached hydrogen (secondary N) is 1. The number of likely N-dealkylation sites (tertiary alicyclic amines) is 1. The van der Waals surface area contributed by atoms with Crippen molar-refractivity contribution >= 4 is 39.3 Å². The molecule has 27 heavy (non-hydrogen) atoms. The molecule has 0 saturated carbocycles. The molecule has 1 fully saturated rings. The van der Waals surface area contributed by atoms with Crippen molar-refractivity contribution in [2.75, 3.05) is 12.3 Å². The number of aromatic amines is 1. The predicted molar refractivity (Wildman–Crippen MR) is 103 cm³/mol. The van der Waals surface area contributed by atoms with E-state index in [9.17, 15) is 14.4 Å². The number of fused-ring (bicyclic) bond motifs is 1. The van der Waals surface area contributed by atoms with Crippen molar-refractivity contribution in [2.45, 2.75) is 18.9 Å². The van der Waals surface area contributed by atoms with Crippen LogP contribution in [0.2, 0.25) is 0 Å². The highest BCUT2D eigenvalue weighted by atomic mass is 32.1. The Balaban J connectivity index is 1.71. The van der Waals surface area contributed by atoms with Gasteiger partial charge in [-0.3, -0.25) is 19.4 Å². The van der Waals surface area contributed by atoms with Crippen molar-refractivity contribution in [3.8, 4) is 10.4 Å². The lowest BCUT2D eigenvalue weighted by molar-refractivity contribution is -0.121. The highest BCUT2D eigenvalue weighted by molar-refractivity contribution is 7.22. The summed E-state index contributed by atoms with van der Waals surface area (Å²) in [6, 6.07) is 8.30. The van der Waals surface area contributed by atoms with Gasteiger partial charge in [-0.05, 0) is 36.6 Å². The number of aromatic nitrogens is 2. The van der Waals surface area contributed by atoms with Gasteiger partial charge >= 0.3 is 0 Å². The first-order chi connectivity index (χ1) is 12.9. The van der Waals surface area contributed by atoms with E-state index in [2.05, 4.69) is 9.97 Å². The number of thiophene rings is 1. The molecule has 0 bridgehead atoms. The number of carbonyl (C=O) groups is 2. The number of hydrogen-bond acceptors (Lipinski definition) is 6. The van der Waals surface area contributed by atoms with Gasteiger partial charge in [-0.25, -0.2) is 4.98 Å². The molecule has 5 N–H and O–H groups in total. The van der Waals surface area contributed by atoms with Crippen LogP contribution >= 0.6 is 11.3 Å². The number of nitrogens with zero attached hydrogens (tertiary/aromatic N) is 2. The van der Waals surface area contributed by atoms with Gasteiger partial charge in [0.25, 0.3) is 11.5 Å². The molecule has 3 aromatic rings. The zero-order valence-corrected chi connectivity index (χ0v) is 15.1. The third-order valence-corrected chi connectivity index (χ3v) is 5.81. The smallest absolute Gasteiger partial charge is 0.270 e. The molecular formula is C18H17N5O3S. The lowest BCUT2D eigenvalue weighted by Gasteiger charge is -2.22. The van der Waals surface area contributed by atoms with Crippen molar-refractivity contribution in [1.29, 1.82) is 0 Å². The number of primary amides is 1. The van der Waals surface area contributed by atoms with Crippen LogP contribution in [-0.2, 0) is 4.79 Å². The second-order valence-electron chi connectivity index (χ2n) is 6.42. The molecule has 3 heterocycles. The number of nitrogens with two attached hydrogens (primary N) is 2. The third kappa shape index (κ3) is 3.06. The standard InChI is InChI=1S/C18H17N5O3S/c19-15(24)12-5-2-6-23(12)17(26)10-4-1-3-9(7-10)13-8-11-14(27-13)16(25)22-18(20)21-11/h1,3-4,7-8,12H,2,5-6H2,(H2,19,24)(H3,20,21,22,25). The monoisotopic (exact) mass is 383 g/mol. The molecule has 0 spiro atoms. The molecule has 8 nitrogen and oxygen atoms in total. The lowest BCUT2D eigenvalue weighted by atomic mass is 10.1. The Morgan fingerprint density at radius 3 is 2.89 bits per heavy atom. The van der Waals surface area contributed by atoms with E-state index in [1.165, 1.54) is 16.2 Å². The SMILES string of the molecule is NC(=O)C1CCCN1C(=O)c1cccc(-c2cc3nc(N)[nH]c(=O)c3s2)c1. The molecule has 1 aliphatic rings. The van der Waals surface area contributed by atoms with Crippen molar-refractivity contribution < 1.29 is 9.59 Å². The van der Waals surface area contributed by atoms with E-state index in [1.54, 1.807) is 24.3 Å². The van der Waals surface area contributed by atoms with Crippen molar-refractivity contribution in [1.82, 2.24) is 14.9 Å². The maximum atomic E-state index is 12.9. The first kappa shape index (κ1) is 17.2. The molecule has 2 aromatic heterocycles. The highest BCUT2D eigenvalue weighted by Crippen LogP contribution is 2.32. The fourth-order valence-electron chi connectivity index (χ4n) is 3.38. The van der Waals surface area contributed by atoms with E-state index in [1.807, 2.05) is 6.07 Å². The van der Waals surface area contributed by atoms with Crippen LogP contribution in [0.5, 0.6) is 0 Å². The fraction of sp³-hybridized carbons (Fsp3) is 0.222. The van der Waals surface area contributed by atoms with Crippen LogP contribution in [-0.4, -0.2) is 39.3 Å². The van der Waals surface area contributed by atoms with Crippen molar-refractivity contribution in [3.63, 3.8) is 0 Å². The van der Waals surface area contributed by atoms with Gasteiger partial charge in [0.05, 0.1) is 5.52 Å². The second kappa shape index (κ2) is 6.51. The van der Waals surface area contributed by atoms with Gasteiger partial charge in [-0.15, -0.1) is 11.3 Å². The number of rotatable bonds is 3. The maximum absolute atomic E-state index is 12.9. The number of benzene rings is 1. The predicted octanol–water partition coefficient (Wildman–Crippen LogP) is 1.32. The Hall–Kier alpha value is -3.20. The molecule has 1 aromatic carbocycles. The van der Waals surface area contributed by atoms with E-state index in [4.69, 9.17) is 11.5 Å². The molecule has 0 radical (unpaired) electrons. The first-order valence-electron chi connectivity index (χ1n) is 8.44. The van der Waals surface area contributed by atoms with Crippen LogP contribution < -0.4 is 17.0 Å². The van der Waals surface area contributed by atoms with E-state index in [0.717, 1.165) is 16.9 Å². The summed E-state index contributed by atoms with van der Waals surface area (Å²) >= 11 is 1.28. The van der Waals surface area contributed by atoms with Crippen molar-refractivity contribution in [3.05, 3.63) is 46.2 Å². The molecule has 1 saturated heterocycles. The topological polar surface area (TPSA) is 135 Å². The van der Waals surface area contributed by atoms with E-state index < -0.39 is 11.9 Å². The summed E-state index contributed by atoms with van der Waals surface area (Å²) in [6.45, 7) is 0.512. The molecule has 1 aliphatic heterocycles. The number of nitrogen functional groups attached to an aromatic ring is 1. The summed E-state index contributed by atoms with van der Waals surface area (Å²) in [4.78, 5) is 45.4. The Labute approximate surface area is 157 Å². The van der Waals surface area contributed by atoms with Gasteiger partial charge in [0.15, 0.2) is 0 Å². The summed E-state index contributed by atoms with van der Waals surface area (Å²) in [5.74, 6) is -0.642. The second-order valence-corrected chi connectivity index (χ2v) is 7.47. The Kier molecular flexibility index (Phi) is 4.15. The molecule has 9 heteroatoms. The van der Waals surface area contributed by atoms with Crippen LogP contribution in [0.1, 0.15) is 23.2 Å². The van der Waals surface area contributed by atoms with E-state index >= 15 is 0 Å². The normalized spacial score (nSPS) is 16.7. The van der Waals surface area contributed by atoms with Gasteiger partial charge < -0.3 is 16.4 Å². The Morgan fingerprint density at radius 1 is 1.30 bits per heavy atom. The van der Waals surface area contributed by atoms with Crippen molar-refractivity contribution in [2.24, 2.45) is 5.73 Å². The third-order valence-electron chi connectivity index (χ3n) is 4.64. The number of H-pyrrole nitrogens is 1. The highest BCUT2D eigenvalue weighted by Gasteiger charge is 2.33. The Morgan fingerprint density at radius 2 is 2.11 bits per heavy atom. The van der Waals surface area contributed by atoms with E-state index in [-0.39, 0.29) is 17.4 Å².